The minimum Gasteiger partial charge on any atom is -0.384 e. The van der Waals surface area contributed by atoms with Crippen molar-refractivity contribution in [2.24, 2.45) is 0 Å². The summed E-state index contributed by atoms with van der Waals surface area (Å²) in [6.45, 7) is 9.46. The lowest BCUT2D eigenvalue weighted by Crippen LogP contribution is -2.18. The van der Waals surface area contributed by atoms with Gasteiger partial charge in [-0.15, -0.1) is 0 Å². The highest BCUT2D eigenvalue weighted by Gasteiger charge is 2.18. The molecule has 0 fully saturated rings. The van der Waals surface area contributed by atoms with E-state index in [2.05, 4.69) is 72.5 Å². The summed E-state index contributed by atoms with van der Waals surface area (Å²) in [5.41, 5.74) is 6.56. The van der Waals surface area contributed by atoms with Gasteiger partial charge in [0.15, 0.2) is 0 Å². The molecule has 1 aromatic carbocycles. The number of rotatable bonds is 4. The summed E-state index contributed by atoms with van der Waals surface area (Å²) in [4.78, 5) is 2.33. The zero-order chi connectivity index (χ0) is 15.7. The van der Waals surface area contributed by atoms with Crippen molar-refractivity contribution < 1.29 is 0 Å². The van der Waals surface area contributed by atoms with Crippen molar-refractivity contribution >= 4 is 5.69 Å². The molecule has 1 aliphatic heterocycles. The maximum absolute atomic E-state index is 4.44. The third-order valence-corrected chi connectivity index (χ3v) is 4.21. The average Bonchev–Trinajstić information content (AvgIpc) is 3.06. The molecular formula is C18H26N4. The smallest absolute Gasteiger partial charge is 0.0678 e. The normalized spacial score (nSPS) is 14.2. The molecule has 0 saturated heterocycles. The number of hydrogen-bond donors (Lipinski definition) is 2. The Morgan fingerprint density at radius 2 is 2.05 bits per heavy atom. The first-order valence-electron chi connectivity index (χ1n) is 8.01. The van der Waals surface area contributed by atoms with E-state index in [1.165, 1.54) is 22.5 Å². The number of anilines is 1. The highest BCUT2D eigenvalue weighted by atomic mass is 15.2. The molecule has 2 heterocycles. The maximum atomic E-state index is 4.44. The van der Waals surface area contributed by atoms with Crippen molar-refractivity contribution in [2.45, 2.75) is 45.7 Å². The van der Waals surface area contributed by atoms with E-state index in [-0.39, 0.29) is 5.41 Å². The topological polar surface area (TPSA) is 44.0 Å². The van der Waals surface area contributed by atoms with Crippen LogP contribution < -0.4 is 5.32 Å². The Morgan fingerprint density at radius 1 is 1.23 bits per heavy atom. The second-order valence-corrected chi connectivity index (χ2v) is 7.33. The molecule has 4 nitrogen and oxygen atoms in total. The Labute approximate surface area is 132 Å². The zero-order valence-electron chi connectivity index (χ0n) is 14.0. The van der Waals surface area contributed by atoms with Crippen LogP contribution in [0.5, 0.6) is 0 Å². The molecule has 0 atom stereocenters. The molecule has 3 rings (SSSR count). The summed E-state index contributed by atoms with van der Waals surface area (Å²) in [6, 6.07) is 8.80. The molecule has 0 bridgehead atoms. The number of hydrogen-bond acceptors (Lipinski definition) is 3. The van der Waals surface area contributed by atoms with Gasteiger partial charge in [-0.25, -0.2) is 0 Å². The molecular weight excluding hydrogens is 272 g/mol. The lowest BCUT2D eigenvalue weighted by Gasteiger charge is -2.18. The predicted molar refractivity (Wildman–Crippen MR) is 91.1 cm³/mol. The van der Waals surface area contributed by atoms with Crippen molar-refractivity contribution in [1.82, 2.24) is 15.1 Å². The Hall–Kier alpha value is -1.81. The van der Waals surface area contributed by atoms with E-state index < -0.39 is 0 Å². The first kappa shape index (κ1) is 15.1. The molecule has 2 N–H and O–H groups in total. The van der Waals surface area contributed by atoms with E-state index in [4.69, 9.17) is 0 Å². The van der Waals surface area contributed by atoms with E-state index in [1.54, 1.807) is 0 Å². The molecule has 1 aliphatic rings. The summed E-state index contributed by atoms with van der Waals surface area (Å²) in [6.07, 6.45) is 1.14. The van der Waals surface area contributed by atoms with Gasteiger partial charge in [0, 0.05) is 36.4 Å². The van der Waals surface area contributed by atoms with Crippen molar-refractivity contribution in [3.63, 3.8) is 0 Å². The highest BCUT2D eigenvalue weighted by molar-refractivity contribution is 5.61. The monoisotopic (exact) mass is 298 g/mol. The van der Waals surface area contributed by atoms with Crippen molar-refractivity contribution in [2.75, 3.05) is 18.9 Å². The van der Waals surface area contributed by atoms with Crippen LogP contribution in [0.4, 0.5) is 5.69 Å². The number of aromatic nitrogens is 2. The summed E-state index contributed by atoms with van der Waals surface area (Å²) >= 11 is 0. The fraction of sp³-hybridized carbons (Fsp3) is 0.500. The average molecular weight is 298 g/mol. The largest absolute Gasteiger partial charge is 0.384 e. The quantitative estimate of drug-likeness (QED) is 0.910. The summed E-state index contributed by atoms with van der Waals surface area (Å²) in [5.74, 6) is 0. The number of aromatic amines is 1. The number of nitrogens with one attached hydrogen (secondary N) is 2. The molecule has 2 aromatic rings. The van der Waals surface area contributed by atoms with Crippen molar-refractivity contribution in [1.29, 1.82) is 0 Å². The minimum absolute atomic E-state index is 0.0947. The van der Waals surface area contributed by atoms with E-state index in [0.29, 0.717) is 0 Å². The van der Waals surface area contributed by atoms with Crippen LogP contribution in [0, 0.1) is 0 Å². The number of fused-ring (bicyclic) bond motifs is 1. The minimum atomic E-state index is 0.0947. The predicted octanol–water partition coefficient (Wildman–Crippen LogP) is 3.31. The molecule has 4 heteroatoms. The maximum Gasteiger partial charge on any atom is 0.0678 e. The number of para-hydroxylation sites is 1. The number of H-pyrrole nitrogens is 1. The van der Waals surface area contributed by atoms with Gasteiger partial charge in [-0.3, -0.25) is 10.00 Å². The van der Waals surface area contributed by atoms with Gasteiger partial charge in [-0.05, 0) is 30.7 Å². The fourth-order valence-electron chi connectivity index (χ4n) is 3.01. The van der Waals surface area contributed by atoms with Crippen LogP contribution >= 0.6 is 0 Å². The third kappa shape index (κ3) is 3.17. The molecule has 1 aromatic heterocycles. The van der Waals surface area contributed by atoms with E-state index >= 15 is 0 Å². The Balaban J connectivity index is 1.67. The van der Waals surface area contributed by atoms with Crippen molar-refractivity contribution in [3.05, 3.63) is 46.8 Å². The zero-order valence-corrected chi connectivity index (χ0v) is 14.0. The highest BCUT2D eigenvalue weighted by Crippen LogP contribution is 2.27. The molecule has 0 spiro atoms. The number of nitrogens with zero attached hydrogens (tertiary/aromatic N) is 2. The van der Waals surface area contributed by atoms with E-state index in [0.717, 1.165) is 31.7 Å². The summed E-state index contributed by atoms with van der Waals surface area (Å²) < 4.78 is 0. The molecule has 0 aliphatic carbocycles. The van der Waals surface area contributed by atoms with Gasteiger partial charge < -0.3 is 5.32 Å². The fourth-order valence-corrected chi connectivity index (χ4v) is 3.01. The van der Waals surface area contributed by atoms with Crippen LogP contribution in [0.3, 0.4) is 0 Å². The summed E-state index contributed by atoms with van der Waals surface area (Å²) in [5, 5.41) is 11.1. The lowest BCUT2D eigenvalue weighted by atomic mass is 9.92. The van der Waals surface area contributed by atoms with Gasteiger partial charge in [0.05, 0.1) is 5.69 Å². The molecule has 22 heavy (non-hydrogen) atoms. The van der Waals surface area contributed by atoms with Crippen LogP contribution in [-0.2, 0) is 24.9 Å². The van der Waals surface area contributed by atoms with Gasteiger partial charge in [-0.2, -0.15) is 5.10 Å². The van der Waals surface area contributed by atoms with Gasteiger partial charge >= 0.3 is 0 Å². The van der Waals surface area contributed by atoms with Crippen LogP contribution in [0.2, 0.25) is 0 Å². The van der Waals surface area contributed by atoms with Crippen LogP contribution in [0.15, 0.2) is 24.3 Å². The van der Waals surface area contributed by atoms with Gasteiger partial charge in [-0.1, -0.05) is 39.0 Å². The molecule has 0 radical (unpaired) electrons. The SMILES string of the molecule is CN(Cc1cc(C(C)(C)C)n[nH]1)Cc1cccc2c1NCC2. The Kier molecular flexibility index (Phi) is 3.96. The second-order valence-electron chi connectivity index (χ2n) is 7.33. The van der Waals surface area contributed by atoms with Crippen LogP contribution in [-0.4, -0.2) is 28.7 Å². The second kappa shape index (κ2) is 5.76. The van der Waals surface area contributed by atoms with Crippen LogP contribution in [0.1, 0.15) is 43.3 Å². The first-order chi connectivity index (χ1) is 10.4. The van der Waals surface area contributed by atoms with Gasteiger partial charge in [0.25, 0.3) is 0 Å². The van der Waals surface area contributed by atoms with Gasteiger partial charge in [0.2, 0.25) is 0 Å². The van der Waals surface area contributed by atoms with Crippen LogP contribution in [0.25, 0.3) is 0 Å². The lowest BCUT2D eigenvalue weighted by molar-refractivity contribution is 0.315. The number of benzene rings is 1. The molecule has 0 saturated carbocycles. The molecule has 0 amide bonds. The molecule has 0 unspecified atom stereocenters. The Morgan fingerprint density at radius 3 is 2.77 bits per heavy atom. The molecule has 118 valence electrons. The third-order valence-electron chi connectivity index (χ3n) is 4.21. The standard InChI is InChI=1S/C18H26N4/c1-18(2,3)16-10-15(20-21-16)12-22(4)11-14-7-5-6-13-8-9-19-17(13)14/h5-7,10,19H,8-9,11-12H2,1-4H3,(H,20,21). The summed E-state index contributed by atoms with van der Waals surface area (Å²) in [7, 11) is 2.16. The van der Waals surface area contributed by atoms with E-state index in [1.807, 2.05) is 0 Å². The van der Waals surface area contributed by atoms with Crippen molar-refractivity contribution in [3.8, 4) is 0 Å². The Bertz CT molecular complexity index is 651. The first-order valence-corrected chi connectivity index (χ1v) is 8.01. The van der Waals surface area contributed by atoms with E-state index in [9.17, 15) is 0 Å². The van der Waals surface area contributed by atoms with Gasteiger partial charge in [0.1, 0.15) is 0 Å².